The van der Waals surface area contributed by atoms with Gasteiger partial charge in [0.2, 0.25) is 18.3 Å². The molecule has 1 aromatic heterocycles. The first-order valence-electron chi connectivity index (χ1n) is 7.78. The Morgan fingerprint density at radius 3 is 2.71 bits per heavy atom. The number of hydrogen-bond donors (Lipinski definition) is 2. The van der Waals surface area contributed by atoms with Crippen LogP contribution in [-0.4, -0.2) is 27.4 Å². The largest absolute Gasteiger partial charge is 0.297 e. The number of anilines is 2. The summed E-state index contributed by atoms with van der Waals surface area (Å²) < 4.78 is 0. The molecule has 3 N–H and O–H groups in total. The van der Waals surface area contributed by atoms with Gasteiger partial charge in [-0.15, -0.1) is 0 Å². The van der Waals surface area contributed by atoms with Crippen molar-refractivity contribution in [1.82, 2.24) is 15.0 Å². The molecular formula is C16H23ClN6O. The average Bonchev–Trinajstić information content (AvgIpc) is 2.62. The van der Waals surface area contributed by atoms with Gasteiger partial charge >= 0.3 is 0 Å². The molecule has 0 bridgehead atoms. The Kier molecular flexibility index (Phi) is 8.67. The molecule has 0 aliphatic rings. The first kappa shape index (κ1) is 19.8. The van der Waals surface area contributed by atoms with Crippen molar-refractivity contribution < 1.29 is 4.79 Å². The van der Waals surface area contributed by atoms with Gasteiger partial charge in [0.05, 0.1) is 0 Å². The van der Waals surface area contributed by atoms with Gasteiger partial charge in [-0.3, -0.25) is 15.1 Å². The summed E-state index contributed by atoms with van der Waals surface area (Å²) in [6.45, 7) is 5.97. The van der Waals surface area contributed by atoms with Crippen molar-refractivity contribution in [3.8, 4) is 0 Å². The maximum Gasteiger partial charge on any atom is 0.244 e. The minimum Gasteiger partial charge on any atom is -0.297 e. The van der Waals surface area contributed by atoms with E-state index in [2.05, 4.69) is 20.3 Å². The van der Waals surface area contributed by atoms with Crippen molar-refractivity contribution in [3.63, 3.8) is 0 Å². The van der Waals surface area contributed by atoms with E-state index in [1.165, 1.54) is 11.3 Å². The Hall–Kier alpha value is -2.25. The molecular weight excluding hydrogens is 328 g/mol. The van der Waals surface area contributed by atoms with Gasteiger partial charge in [0.25, 0.3) is 0 Å². The highest BCUT2D eigenvalue weighted by molar-refractivity contribution is 6.31. The lowest BCUT2D eigenvalue weighted by atomic mass is 10.1. The van der Waals surface area contributed by atoms with Crippen molar-refractivity contribution >= 4 is 29.9 Å². The lowest BCUT2D eigenvalue weighted by molar-refractivity contribution is -0.105. The molecule has 1 heterocycles. The van der Waals surface area contributed by atoms with E-state index in [1.54, 1.807) is 0 Å². The minimum absolute atomic E-state index is 0.0113. The Morgan fingerprint density at radius 1 is 1.33 bits per heavy atom. The smallest absolute Gasteiger partial charge is 0.244 e. The van der Waals surface area contributed by atoms with Crippen LogP contribution in [0.15, 0.2) is 30.6 Å². The van der Waals surface area contributed by atoms with E-state index < -0.39 is 0 Å². The normalized spacial score (nSPS) is 11.0. The number of rotatable bonds is 7. The van der Waals surface area contributed by atoms with E-state index in [0.717, 1.165) is 23.4 Å². The van der Waals surface area contributed by atoms with E-state index in [9.17, 15) is 4.79 Å². The second-order valence-corrected chi connectivity index (χ2v) is 5.16. The summed E-state index contributed by atoms with van der Waals surface area (Å²) in [6.07, 6.45) is 3.37. The number of carbonyl (C=O) groups excluding carboxylic acids is 1. The van der Waals surface area contributed by atoms with Gasteiger partial charge in [-0.25, -0.2) is 10.8 Å². The minimum atomic E-state index is -0.0113. The van der Waals surface area contributed by atoms with E-state index in [0.29, 0.717) is 12.4 Å². The third kappa shape index (κ3) is 5.75. The van der Waals surface area contributed by atoms with Crippen molar-refractivity contribution in [1.29, 1.82) is 0 Å². The van der Waals surface area contributed by atoms with Crippen molar-refractivity contribution in [3.05, 3.63) is 41.2 Å². The Morgan fingerprint density at radius 2 is 2.04 bits per heavy atom. The first-order chi connectivity index (χ1) is 11.6. The number of halogens is 1. The number of aromatic nitrogens is 3. The molecule has 1 unspecified atom stereocenters. The molecule has 130 valence electrons. The first-order valence-corrected chi connectivity index (χ1v) is 8.16. The summed E-state index contributed by atoms with van der Waals surface area (Å²) in [5, 5.41) is 4.56. The van der Waals surface area contributed by atoms with E-state index >= 15 is 0 Å². The van der Waals surface area contributed by atoms with Crippen molar-refractivity contribution in [2.45, 2.75) is 39.7 Å². The molecule has 0 radical (unpaired) electrons. The quantitative estimate of drug-likeness (QED) is 0.452. The van der Waals surface area contributed by atoms with Crippen LogP contribution in [0.5, 0.6) is 0 Å². The second-order valence-electron chi connectivity index (χ2n) is 4.76. The number of carbonyl (C=O) groups is 1. The summed E-state index contributed by atoms with van der Waals surface area (Å²) in [5.74, 6) is 6.50. The number of nitrogens with zero attached hydrogens (tertiary/aromatic N) is 4. The number of hydrogen-bond acceptors (Lipinski definition) is 6. The molecule has 0 aliphatic heterocycles. The van der Waals surface area contributed by atoms with Crippen LogP contribution < -0.4 is 16.2 Å². The average molecular weight is 351 g/mol. The number of amides is 1. The topological polar surface area (TPSA) is 97.0 Å². The Balaban J connectivity index is 0.00000139. The molecule has 1 atom stereocenters. The Bertz CT molecular complexity index is 639. The SMILES string of the molecule is CC.CC(CCc1ccccc1Cl)N(N)c1ncnc(NC=O)n1. The molecule has 0 fully saturated rings. The second kappa shape index (κ2) is 10.5. The zero-order chi connectivity index (χ0) is 17.9. The summed E-state index contributed by atoms with van der Waals surface area (Å²) >= 11 is 6.14. The van der Waals surface area contributed by atoms with Gasteiger partial charge in [0, 0.05) is 11.1 Å². The summed E-state index contributed by atoms with van der Waals surface area (Å²) in [6, 6.07) is 7.70. The fourth-order valence-electron chi connectivity index (χ4n) is 1.94. The summed E-state index contributed by atoms with van der Waals surface area (Å²) in [7, 11) is 0. The fraction of sp³-hybridized carbons (Fsp3) is 0.375. The molecule has 7 nitrogen and oxygen atoms in total. The van der Waals surface area contributed by atoms with Crippen LogP contribution in [0.1, 0.15) is 32.8 Å². The molecule has 1 amide bonds. The number of hydrazine groups is 1. The van der Waals surface area contributed by atoms with Crippen LogP contribution >= 0.6 is 11.6 Å². The van der Waals surface area contributed by atoms with Crippen LogP contribution in [-0.2, 0) is 11.2 Å². The third-order valence-corrected chi connectivity index (χ3v) is 3.61. The maximum atomic E-state index is 10.4. The standard InChI is InChI=1S/C14H17ClN6O.C2H6/c1-10(6-7-11-4-2-3-5-12(11)15)21(16)14-18-8-17-13(20-14)19-9-22;1-2/h2-5,8-10H,6-7,16H2,1H3,(H,17,18,19,20,22);1-2H3. The van der Waals surface area contributed by atoms with Gasteiger partial charge in [-0.1, -0.05) is 43.6 Å². The number of benzene rings is 1. The highest BCUT2D eigenvalue weighted by atomic mass is 35.5. The zero-order valence-electron chi connectivity index (χ0n) is 14.1. The number of nitrogens with two attached hydrogens (primary N) is 1. The van der Waals surface area contributed by atoms with E-state index in [1.807, 2.05) is 45.0 Å². The molecule has 2 aromatic rings. The lowest BCUT2D eigenvalue weighted by Crippen LogP contribution is -2.41. The highest BCUT2D eigenvalue weighted by Crippen LogP contribution is 2.19. The van der Waals surface area contributed by atoms with Crippen molar-refractivity contribution in [2.24, 2.45) is 5.84 Å². The molecule has 24 heavy (non-hydrogen) atoms. The number of aryl methyl sites for hydroxylation is 1. The van der Waals surface area contributed by atoms with Crippen LogP contribution in [0.4, 0.5) is 11.9 Å². The van der Waals surface area contributed by atoms with E-state index in [4.69, 9.17) is 17.4 Å². The predicted molar refractivity (Wildman–Crippen MR) is 96.8 cm³/mol. The zero-order valence-corrected chi connectivity index (χ0v) is 14.9. The summed E-state index contributed by atoms with van der Waals surface area (Å²) in [5.41, 5.74) is 1.07. The molecule has 8 heteroatoms. The lowest BCUT2D eigenvalue weighted by Gasteiger charge is -2.24. The molecule has 1 aromatic carbocycles. The fourth-order valence-corrected chi connectivity index (χ4v) is 2.17. The third-order valence-electron chi connectivity index (χ3n) is 3.24. The molecule has 0 saturated carbocycles. The molecule has 0 saturated heterocycles. The van der Waals surface area contributed by atoms with Crippen LogP contribution in [0, 0.1) is 0 Å². The van der Waals surface area contributed by atoms with E-state index in [-0.39, 0.29) is 12.0 Å². The molecule has 0 spiro atoms. The molecule has 2 rings (SSSR count). The van der Waals surface area contributed by atoms with Crippen molar-refractivity contribution in [2.75, 3.05) is 10.3 Å². The van der Waals surface area contributed by atoms with Gasteiger partial charge in [-0.05, 0) is 31.4 Å². The molecule has 0 aliphatic carbocycles. The predicted octanol–water partition coefficient (Wildman–Crippen LogP) is 2.82. The van der Waals surface area contributed by atoms with Gasteiger partial charge in [-0.2, -0.15) is 9.97 Å². The Labute approximate surface area is 147 Å². The highest BCUT2D eigenvalue weighted by Gasteiger charge is 2.15. The monoisotopic (exact) mass is 350 g/mol. The van der Waals surface area contributed by atoms with Gasteiger partial charge in [0.1, 0.15) is 6.33 Å². The summed E-state index contributed by atoms with van der Waals surface area (Å²) in [4.78, 5) is 22.3. The number of nitrogens with one attached hydrogen (secondary N) is 1. The van der Waals surface area contributed by atoms with Gasteiger partial charge in [0.15, 0.2) is 0 Å². The van der Waals surface area contributed by atoms with Crippen LogP contribution in [0.25, 0.3) is 0 Å². The maximum absolute atomic E-state index is 10.4. The van der Waals surface area contributed by atoms with Crippen LogP contribution in [0.3, 0.4) is 0 Å². The van der Waals surface area contributed by atoms with Crippen LogP contribution in [0.2, 0.25) is 5.02 Å². The van der Waals surface area contributed by atoms with Gasteiger partial charge < -0.3 is 0 Å².